The highest BCUT2D eigenvalue weighted by molar-refractivity contribution is 7.92. The molecule has 0 saturated carbocycles. The minimum Gasteiger partial charge on any atom is -0.493 e. The zero-order chi connectivity index (χ0) is 26.8. The predicted molar refractivity (Wildman–Crippen MR) is 141 cm³/mol. The van der Waals surface area contributed by atoms with E-state index in [9.17, 15) is 18.3 Å². The number of aryl methyl sites for hydroxylation is 1. The lowest BCUT2D eigenvalue weighted by Crippen LogP contribution is -2.29. The van der Waals surface area contributed by atoms with Gasteiger partial charge in [0, 0.05) is 11.1 Å². The van der Waals surface area contributed by atoms with Crippen LogP contribution >= 0.6 is 0 Å². The van der Waals surface area contributed by atoms with E-state index >= 15 is 0 Å². The molecule has 0 radical (unpaired) electrons. The number of carbonyl (C=O) groups is 1. The Morgan fingerprint density at radius 1 is 1.22 bits per heavy atom. The number of ether oxygens (including phenoxy) is 3. The van der Waals surface area contributed by atoms with Crippen LogP contribution in [-0.2, 0) is 26.0 Å². The number of rotatable bonds is 9. The topological polar surface area (TPSA) is 111 Å². The number of nitrogens with one attached hydrogen (secondary N) is 1. The van der Waals surface area contributed by atoms with Crippen molar-refractivity contribution in [2.24, 2.45) is 0 Å². The van der Waals surface area contributed by atoms with Crippen LogP contribution in [0.4, 0.5) is 5.69 Å². The largest absolute Gasteiger partial charge is 0.493 e. The Balaban J connectivity index is 2.42. The zero-order valence-corrected chi connectivity index (χ0v) is 23.0. The van der Waals surface area contributed by atoms with E-state index in [1.54, 1.807) is 27.7 Å². The Morgan fingerprint density at radius 3 is 2.50 bits per heavy atom. The fraction of sp³-hybridized carbons (Fsp3) is 0.519. The van der Waals surface area contributed by atoms with E-state index in [1.807, 2.05) is 32.0 Å². The summed E-state index contributed by atoms with van der Waals surface area (Å²) in [6.45, 7) is 11.9. The first kappa shape index (κ1) is 27.8. The second-order valence-electron chi connectivity index (χ2n) is 10.2. The first-order valence-electron chi connectivity index (χ1n) is 12.2. The van der Waals surface area contributed by atoms with Crippen molar-refractivity contribution < 1.29 is 32.5 Å². The van der Waals surface area contributed by atoms with Crippen LogP contribution in [0.5, 0.6) is 11.5 Å². The number of hydrogen-bond donors (Lipinski definition) is 2. The first-order valence-corrected chi connectivity index (χ1v) is 14.1. The van der Waals surface area contributed by atoms with Crippen LogP contribution in [0.15, 0.2) is 18.2 Å². The summed E-state index contributed by atoms with van der Waals surface area (Å²) in [5.74, 6) is 0.0364. The summed E-state index contributed by atoms with van der Waals surface area (Å²) in [5, 5.41) is 10.3. The number of hydrogen-bond acceptors (Lipinski definition) is 6. The molecule has 0 amide bonds. The van der Waals surface area contributed by atoms with Gasteiger partial charge >= 0.3 is 5.97 Å². The third-order valence-electron chi connectivity index (χ3n) is 5.88. The van der Waals surface area contributed by atoms with Gasteiger partial charge in [-0.3, -0.25) is 4.72 Å². The molecule has 0 fully saturated rings. The van der Waals surface area contributed by atoms with Crippen LogP contribution in [-0.4, -0.2) is 44.6 Å². The molecular weight excluding hydrogens is 482 g/mol. The molecule has 198 valence electrons. The van der Waals surface area contributed by atoms with E-state index in [1.165, 1.54) is 0 Å². The van der Waals surface area contributed by atoms with Gasteiger partial charge in [-0.05, 0) is 88.3 Å². The number of aliphatic carboxylic acids is 1. The van der Waals surface area contributed by atoms with Gasteiger partial charge in [-0.1, -0.05) is 13.0 Å². The predicted octanol–water partition coefficient (Wildman–Crippen LogP) is 5.40. The summed E-state index contributed by atoms with van der Waals surface area (Å²) in [7, 11) is -3.69. The second kappa shape index (κ2) is 10.7. The van der Waals surface area contributed by atoms with Gasteiger partial charge in [0.25, 0.3) is 0 Å². The maximum Gasteiger partial charge on any atom is 0.337 e. The zero-order valence-electron chi connectivity index (χ0n) is 22.1. The van der Waals surface area contributed by atoms with Crippen molar-refractivity contribution in [1.82, 2.24) is 0 Å². The number of carboxylic acid groups (broad SMARTS) is 1. The van der Waals surface area contributed by atoms with Crippen molar-refractivity contribution in [2.45, 2.75) is 72.5 Å². The monoisotopic (exact) mass is 519 g/mol. The Morgan fingerprint density at radius 2 is 1.92 bits per heavy atom. The molecule has 1 unspecified atom stereocenters. The molecule has 0 saturated heterocycles. The number of benzene rings is 2. The molecule has 1 atom stereocenters. The van der Waals surface area contributed by atoms with Gasteiger partial charge in [0.1, 0.15) is 11.5 Å². The molecule has 0 aliphatic carbocycles. The van der Waals surface area contributed by atoms with Crippen molar-refractivity contribution in [3.05, 3.63) is 40.5 Å². The smallest absolute Gasteiger partial charge is 0.337 e. The van der Waals surface area contributed by atoms with E-state index in [0.29, 0.717) is 41.2 Å². The number of anilines is 1. The van der Waals surface area contributed by atoms with Gasteiger partial charge in [0.05, 0.1) is 30.8 Å². The first-order chi connectivity index (χ1) is 16.7. The summed E-state index contributed by atoms with van der Waals surface area (Å²) in [4.78, 5) is 12.6. The van der Waals surface area contributed by atoms with E-state index < -0.39 is 27.7 Å². The van der Waals surface area contributed by atoms with Gasteiger partial charge < -0.3 is 19.3 Å². The van der Waals surface area contributed by atoms with Crippen molar-refractivity contribution in [3.63, 3.8) is 0 Å². The molecule has 9 heteroatoms. The van der Waals surface area contributed by atoms with E-state index in [0.717, 1.165) is 42.4 Å². The Hall–Kier alpha value is -2.78. The third kappa shape index (κ3) is 6.31. The highest BCUT2D eigenvalue weighted by atomic mass is 32.2. The van der Waals surface area contributed by atoms with Crippen LogP contribution in [0.25, 0.3) is 11.1 Å². The third-order valence-corrected chi connectivity index (χ3v) is 6.46. The van der Waals surface area contributed by atoms with Crippen LogP contribution in [0, 0.1) is 13.8 Å². The van der Waals surface area contributed by atoms with Crippen LogP contribution in [0.1, 0.15) is 68.9 Å². The number of carboxylic acids is 1. The van der Waals surface area contributed by atoms with Crippen LogP contribution in [0.2, 0.25) is 0 Å². The average molecular weight is 520 g/mol. The number of fused-ring (bicyclic) bond motifs is 1. The average Bonchev–Trinajstić information content (AvgIpc) is 2.77. The summed E-state index contributed by atoms with van der Waals surface area (Å²) in [6.07, 6.45) is 2.18. The minimum atomic E-state index is -3.69. The van der Waals surface area contributed by atoms with Gasteiger partial charge in [0.2, 0.25) is 10.0 Å². The molecule has 2 aromatic rings. The molecule has 0 aromatic heterocycles. The van der Waals surface area contributed by atoms with Gasteiger partial charge in [-0.2, -0.15) is 0 Å². The lowest BCUT2D eigenvalue weighted by atomic mass is 9.85. The molecule has 0 bridgehead atoms. The van der Waals surface area contributed by atoms with Crippen LogP contribution < -0.4 is 14.2 Å². The van der Waals surface area contributed by atoms with E-state index in [-0.39, 0.29) is 5.69 Å². The summed E-state index contributed by atoms with van der Waals surface area (Å²) >= 11 is 0. The minimum absolute atomic E-state index is 0.229. The standard InChI is InChI=1S/C27H37NO7S/c1-8-13-34-24-17(3)21(19-11-12-20-18(15-19)10-9-14-33-20)22(16(2)23(24)28-36(7,31)32)25(26(29)30)35-27(4,5)6/h11-12,15,25,28H,8-10,13-14H2,1-7H3,(H,29,30). The molecule has 1 aliphatic heterocycles. The second-order valence-corrected chi connectivity index (χ2v) is 11.9. The molecule has 2 aromatic carbocycles. The lowest BCUT2D eigenvalue weighted by Gasteiger charge is -2.31. The molecule has 2 N–H and O–H groups in total. The van der Waals surface area contributed by atoms with Crippen molar-refractivity contribution in [3.8, 4) is 22.6 Å². The van der Waals surface area contributed by atoms with Crippen LogP contribution in [0.3, 0.4) is 0 Å². The molecule has 3 rings (SSSR count). The van der Waals surface area contributed by atoms with Gasteiger partial charge in [-0.15, -0.1) is 0 Å². The molecule has 36 heavy (non-hydrogen) atoms. The fourth-order valence-corrected chi connectivity index (χ4v) is 5.11. The maximum atomic E-state index is 12.6. The quantitative estimate of drug-likeness (QED) is 0.456. The molecule has 0 spiro atoms. The van der Waals surface area contributed by atoms with Crippen molar-refractivity contribution in [2.75, 3.05) is 24.2 Å². The Kier molecular flexibility index (Phi) is 8.25. The normalized spacial score (nSPS) is 14.5. The summed E-state index contributed by atoms with van der Waals surface area (Å²) < 4.78 is 45.1. The molecular formula is C27H37NO7S. The Bertz CT molecular complexity index is 1250. The fourth-order valence-electron chi connectivity index (χ4n) is 4.49. The van der Waals surface area contributed by atoms with Crippen molar-refractivity contribution in [1.29, 1.82) is 0 Å². The molecule has 1 aliphatic rings. The van der Waals surface area contributed by atoms with Gasteiger partial charge in [-0.25, -0.2) is 13.2 Å². The summed E-state index contributed by atoms with van der Waals surface area (Å²) in [6, 6.07) is 5.82. The Labute approximate surface area is 214 Å². The SMILES string of the molecule is CCCOc1c(C)c(-c2ccc3c(c2)CCCO3)c(C(OC(C)(C)C)C(=O)O)c(C)c1NS(C)(=O)=O. The highest BCUT2D eigenvalue weighted by Gasteiger charge is 2.35. The molecule has 8 nitrogen and oxygen atoms in total. The molecule has 1 heterocycles. The lowest BCUT2D eigenvalue weighted by molar-refractivity contribution is -0.160. The maximum absolute atomic E-state index is 12.6. The number of sulfonamides is 1. The van der Waals surface area contributed by atoms with Gasteiger partial charge in [0.15, 0.2) is 6.10 Å². The van der Waals surface area contributed by atoms with E-state index in [4.69, 9.17) is 14.2 Å². The van der Waals surface area contributed by atoms with Crippen molar-refractivity contribution >= 4 is 21.7 Å². The summed E-state index contributed by atoms with van der Waals surface area (Å²) in [5.41, 5.74) is 3.42. The van der Waals surface area contributed by atoms with E-state index in [2.05, 4.69) is 4.72 Å². The highest BCUT2D eigenvalue weighted by Crippen LogP contribution is 2.47.